The number of rotatable bonds is 8. The van der Waals surface area contributed by atoms with Gasteiger partial charge in [-0.15, -0.1) is 6.58 Å². The monoisotopic (exact) mass is 554 g/mol. The number of halogens is 2. The molecule has 1 aromatic rings. The fourth-order valence-electron chi connectivity index (χ4n) is 5.86. The van der Waals surface area contributed by atoms with Crippen LogP contribution in [0.1, 0.15) is 20.3 Å². The number of carboxylic acid groups (broad SMARTS) is 1. The summed E-state index contributed by atoms with van der Waals surface area (Å²) >= 11 is 9.95. The van der Waals surface area contributed by atoms with Crippen LogP contribution in [0.4, 0.5) is 5.69 Å². The Morgan fingerprint density at radius 1 is 1.41 bits per heavy atom. The summed E-state index contributed by atoms with van der Waals surface area (Å²) in [4.78, 5) is 42.9. The van der Waals surface area contributed by atoms with E-state index in [0.717, 1.165) is 0 Å². The largest absolute Gasteiger partial charge is 0.481 e. The average molecular weight is 556 g/mol. The van der Waals surface area contributed by atoms with Gasteiger partial charge in [0.25, 0.3) is 5.91 Å². The summed E-state index contributed by atoms with van der Waals surface area (Å²) in [6.07, 6.45) is 1.12. The van der Waals surface area contributed by atoms with E-state index < -0.39 is 53.4 Å². The predicted molar refractivity (Wildman–Crippen MR) is 130 cm³/mol. The fraction of sp³-hybridized carbons (Fsp3) is 0.542. The zero-order valence-corrected chi connectivity index (χ0v) is 21.3. The van der Waals surface area contributed by atoms with Crippen LogP contribution >= 0.6 is 27.5 Å². The molecule has 4 rings (SSSR count). The number of ether oxygens (including phenoxy) is 1. The summed E-state index contributed by atoms with van der Waals surface area (Å²) in [5.41, 5.74) is -0.886. The van der Waals surface area contributed by atoms with Gasteiger partial charge in [-0.1, -0.05) is 59.6 Å². The molecule has 0 aliphatic carbocycles. The van der Waals surface area contributed by atoms with Crippen LogP contribution in [0.15, 0.2) is 36.9 Å². The van der Waals surface area contributed by atoms with E-state index in [9.17, 15) is 24.6 Å². The molecule has 1 spiro atoms. The zero-order valence-electron chi connectivity index (χ0n) is 18.9. The number of carbonyl (C=O) groups is 3. The third-order valence-corrected chi connectivity index (χ3v) is 8.45. The Kier molecular flexibility index (Phi) is 6.85. The number of carbonyl (C=O) groups excluding carboxylic acids is 2. The van der Waals surface area contributed by atoms with Crippen molar-refractivity contribution in [3.05, 3.63) is 41.9 Å². The van der Waals surface area contributed by atoms with Crippen LogP contribution < -0.4 is 4.90 Å². The third-order valence-electron chi connectivity index (χ3n) is 7.28. The lowest BCUT2D eigenvalue weighted by Crippen LogP contribution is -2.60. The molecule has 2 bridgehead atoms. The Labute approximate surface area is 211 Å². The highest BCUT2D eigenvalue weighted by atomic mass is 79.9. The van der Waals surface area contributed by atoms with E-state index in [1.165, 1.54) is 9.80 Å². The highest BCUT2D eigenvalue weighted by Crippen LogP contribution is 2.60. The Bertz CT molecular complexity index is 1020. The lowest BCUT2D eigenvalue weighted by atomic mass is 9.70. The highest BCUT2D eigenvalue weighted by molar-refractivity contribution is 9.09. The molecule has 2 N–H and O–H groups in total. The number of nitrogens with zero attached hydrogens (tertiary/aromatic N) is 2. The summed E-state index contributed by atoms with van der Waals surface area (Å²) < 4.78 is 6.30. The third kappa shape index (κ3) is 3.59. The van der Waals surface area contributed by atoms with Crippen molar-refractivity contribution in [3.8, 4) is 0 Å². The first-order valence-corrected chi connectivity index (χ1v) is 12.5. The van der Waals surface area contributed by atoms with Crippen molar-refractivity contribution >= 4 is 51.0 Å². The first-order chi connectivity index (χ1) is 16.1. The molecular weight excluding hydrogens is 528 g/mol. The summed E-state index contributed by atoms with van der Waals surface area (Å²) in [6.45, 7) is 7.20. The molecule has 8 nitrogen and oxygen atoms in total. The van der Waals surface area contributed by atoms with Crippen LogP contribution in [0.25, 0.3) is 0 Å². The molecule has 2 amide bonds. The molecule has 3 fully saturated rings. The average Bonchev–Trinajstić information content (AvgIpc) is 3.36. The number of hydrogen-bond donors (Lipinski definition) is 2. The first kappa shape index (κ1) is 25.2. The molecule has 10 heteroatoms. The van der Waals surface area contributed by atoms with Gasteiger partial charge in [0.1, 0.15) is 11.6 Å². The molecule has 3 unspecified atom stereocenters. The number of hydrogen-bond acceptors (Lipinski definition) is 5. The first-order valence-electron chi connectivity index (χ1n) is 11.2. The van der Waals surface area contributed by atoms with Gasteiger partial charge in [-0.25, -0.2) is 0 Å². The van der Waals surface area contributed by atoms with E-state index in [1.54, 1.807) is 30.3 Å². The molecule has 1 aromatic carbocycles. The lowest BCUT2D eigenvalue weighted by Gasteiger charge is -2.40. The van der Waals surface area contributed by atoms with E-state index in [4.69, 9.17) is 16.3 Å². The van der Waals surface area contributed by atoms with Crippen molar-refractivity contribution in [1.29, 1.82) is 0 Å². The minimum atomic E-state index is -1.33. The molecule has 7 atom stereocenters. The molecular formula is C24H28BrClN2O6. The van der Waals surface area contributed by atoms with Crippen molar-refractivity contribution in [2.24, 2.45) is 17.8 Å². The van der Waals surface area contributed by atoms with Crippen LogP contribution in [0, 0.1) is 17.8 Å². The Morgan fingerprint density at radius 3 is 2.65 bits per heavy atom. The van der Waals surface area contributed by atoms with Crippen molar-refractivity contribution in [2.75, 3.05) is 18.1 Å². The smallest absolute Gasteiger partial charge is 0.310 e. The van der Waals surface area contributed by atoms with Gasteiger partial charge < -0.3 is 24.7 Å². The predicted octanol–water partition coefficient (Wildman–Crippen LogP) is 2.71. The molecule has 0 saturated carbocycles. The Balaban J connectivity index is 1.88. The minimum Gasteiger partial charge on any atom is -0.481 e. The second-order valence-corrected chi connectivity index (χ2v) is 11.0. The molecule has 3 saturated heterocycles. The number of alkyl halides is 1. The molecule has 34 heavy (non-hydrogen) atoms. The number of aliphatic hydroxyl groups excluding tert-OH is 1. The van der Waals surface area contributed by atoms with Crippen LogP contribution in [0.5, 0.6) is 0 Å². The number of fused-ring (bicyclic) bond motifs is 1. The maximum atomic E-state index is 14.3. The highest BCUT2D eigenvalue weighted by Gasteiger charge is 2.77. The second-order valence-electron chi connectivity index (χ2n) is 9.43. The lowest BCUT2D eigenvalue weighted by molar-refractivity contribution is -0.151. The Morgan fingerprint density at radius 2 is 2.09 bits per heavy atom. The number of benzene rings is 1. The molecule has 3 heterocycles. The van der Waals surface area contributed by atoms with Gasteiger partial charge in [-0.3, -0.25) is 14.4 Å². The van der Waals surface area contributed by atoms with Gasteiger partial charge >= 0.3 is 5.97 Å². The Hall–Kier alpha value is -1.94. The standard InChI is InChI=1S/C24H28BrClN2O6/c1-4-9-27(15-8-6-5-7-14(15)26)22(31)20-24-10-13(25)19(34-24)17(23(32)33)18(24)21(30)28(20)16(11-29)12(2)3/h4-8,12-13,16-20,29H,1,9-11H2,2-3H3,(H,32,33)/t13?,16-,17+,18-,19+,20?,24?/m0/s1. The van der Waals surface area contributed by atoms with E-state index >= 15 is 0 Å². The fourth-order valence-corrected chi connectivity index (χ4v) is 7.04. The number of aliphatic hydroxyl groups is 1. The SMILES string of the molecule is C=CCN(C(=O)C1N([C@@H](CO)C(C)C)C(=O)[C@@H]2[C@@H](C(=O)O)[C@@H]3OC12CC3Br)c1ccccc1Cl. The number of carboxylic acids is 1. The van der Waals surface area contributed by atoms with Crippen molar-refractivity contribution in [1.82, 2.24) is 4.90 Å². The van der Waals surface area contributed by atoms with Gasteiger partial charge in [0, 0.05) is 11.4 Å². The number of para-hydroxylation sites is 1. The van der Waals surface area contributed by atoms with E-state index in [0.29, 0.717) is 17.1 Å². The van der Waals surface area contributed by atoms with Crippen LogP contribution in [-0.2, 0) is 19.1 Å². The van der Waals surface area contributed by atoms with Gasteiger partial charge in [-0.05, 0) is 24.5 Å². The molecule has 3 aliphatic rings. The van der Waals surface area contributed by atoms with Gasteiger partial charge in [0.05, 0.1) is 41.3 Å². The minimum absolute atomic E-state index is 0.122. The molecule has 3 aliphatic heterocycles. The number of likely N-dealkylation sites (tertiary alicyclic amines) is 1. The number of anilines is 1. The molecule has 0 aromatic heterocycles. The van der Waals surface area contributed by atoms with Crippen molar-refractivity contribution in [2.45, 2.75) is 48.9 Å². The van der Waals surface area contributed by atoms with Crippen LogP contribution in [-0.4, -0.2) is 74.7 Å². The van der Waals surface area contributed by atoms with Crippen molar-refractivity contribution < 1.29 is 29.3 Å². The van der Waals surface area contributed by atoms with Gasteiger partial charge in [0.15, 0.2) is 0 Å². The van der Waals surface area contributed by atoms with E-state index in [1.807, 2.05) is 13.8 Å². The summed E-state index contributed by atoms with van der Waals surface area (Å²) in [6, 6.07) is 5.04. The molecule has 0 radical (unpaired) electrons. The zero-order chi connectivity index (χ0) is 24.9. The number of amides is 2. The van der Waals surface area contributed by atoms with E-state index in [-0.39, 0.29) is 23.9 Å². The summed E-state index contributed by atoms with van der Waals surface area (Å²) in [5.74, 6) is -4.37. The molecule has 184 valence electrons. The van der Waals surface area contributed by atoms with Crippen molar-refractivity contribution in [3.63, 3.8) is 0 Å². The van der Waals surface area contributed by atoms with Gasteiger partial charge in [0.2, 0.25) is 5.91 Å². The summed E-state index contributed by atoms with van der Waals surface area (Å²) in [5, 5.41) is 20.6. The number of aliphatic carboxylic acids is 1. The van der Waals surface area contributed by atoms with Gasteiger partial charge in [-0.2, -0.15) is 0 Å². The quantitative estimate of drug-likeness (QED) is 0.377. The van der Waals surface area contributed by atoms with Crippen LogP contribution in [0.2, 0.25) is 5.02 Å². The topological polar surface area (TPSA) is 107 Å². The normalized spacial score (nSPS) is 32.7. The van der Waals surface area contributed by atoms with E-state index in [2.05, 4.69) is 22.5 Å². The maximum Gasteiger partial charge on any atom is 0.310 e. The maximum absolute atomic E-state index is 14.3. The summed E-state index contributed by atoms with van der Waals surface area (Å²) in [7, 11) is 0. The second kappa shape index (κ2) is 9.26. The van der Waals surface area contributed by atoms with Crippen LogP contribution in [0.3, 0.4) is 0 Å².